The first kappa shape index (κ1) is 15.1. The summed E-state index contributed by atoms with van der Waals surface area (Å²) in [6.45, 7) is 8.60. The molecule has 2 nitrogen and oxygen atoms in total. The van der Waals surface area contributed by atoms with Crippen LogP contribution >= 0.6 is 0 Å². The zero-order valence-electron chi connectivity index (χ0n) is 13.1. The zero-order chi connectivity index (χ0) is 14.8. The molecular formula is C18H26O2. The van der Waals surface area contributed by atoms with Crippen LogP contribution in [-0.4, -0.2) is 11.9 Å². The van der Waals surface area contributed by atoms with E-state index in [4.69, 9.17) is 4.74 Å². The van der Waals surface area contributed by atoms with Crippen LogP contribution in [0.5, 0.6) is 5.75 Å². The molecule has 0 spiro atoms. The molecule has 1 aliphatic rings. The van der Waals surface area contributed by atoms with Gasteiger partial charge in [0.1, 0.15) is 5.75 Å². The molecule has 1 aliphatic carbocycles. The van der Waals surface area contributed by atoms with Crippen molar-refractivity contribution in [1.29, 1.82) is 0 Å². The highest BCUT2D eigenvalue weighted by molar-refractivity contribution is 5.98. The lowest BCUT2D eigenvalue weighted by Crippen LogP contribution is -2.26. The molecule has 1 fully saturated rings. The molecule has 0 amide bonds. The van der Waals surface area contributed by atoms with Gasteiger partial charge in [-0.05, 0) is 69.2 Å². The molecule has 0 saturated heterocycles. The number of benzene rings is 1. The van der Waals surface area contributed by atoms with Crippen molar-refractivity contribution in [2.75, 3.05) is 0 Å². The van der Waals surface area contributed by atoms with Gasteiger partial charge in [0.2, 0.25) is 0 Å². The molecule has 2 heteroatoms. The Bertz CT molecular complexity index is 447. The van der Waals surface area contributed by atoms with Crippen molar-refractivity contribution in [3.05, 3.63) is 29.8 Å². The quantitative estimate of drug-likeness (QED) is 0.732. The maximum Gasteiger partial charge on any atom is 0.165 e. The molecular weight excluding hydrogens is 248 g/mol. The van der Waals surface area contributed by atoms with E-state index in [1.54, 1.807) is 0 Å². The average molecular weight is 274 g/mol. The number of hydrogen-bond donors (Lipinski definition) is 0. The minimum Gasteiger partial charge on any atom is -0.491 e. The van der Waals surface area contributed by atoms with E-state index in [0.717, 1.165) is 37.0 Å². The molecule has 0 atom stereocenters. The molecule has 0 radical (unpaired) electrons. The van der Waals surface area contributed by atoms with Crippen LogP contribution in [0.15, 0.2) is 24.3 Å². The third-order valence-electron chi connectivity index (χ3n) is 4.22. The van der Waals surface area contributed by atoms with Gasteiger partial charge in [-0.25, -0.2) is 0 Å². The fourth-order valence-corrected chi connectivity index (χ4v) is 2.87. The van der Waals surface area contributed by atoms with E-state index in [-0.39, 0.29) is 12.0 Å². The highest BCUT2D eigenvalue weighted by atomic mass is 16.5. The molecule has 0 unspecified atom stereocenters. The minimum atomic E-state index is 0.164. The third-order valence-corrected chi connectivity index (χ3v) is 4.22. The van der Waals surface area contributed by atoms with Crippen LogP contribution < -0.4 is 4.74 Å². The van der Waals surface area contributed by atoms with E-state index in [1.807, 2.05) is 38.1 Å². The van der Waals surface area contributed by atoms with Gasteiger partial charge in [0.25, 0.3) is 0 Å². The number of ether oxygens (including phenoxy) is 1. The first-order valence-electron chi connectivity index (χ1n) is 7.68. The highest BCUT2D eigenvalue weighted by Crippen LogP contribution is 2.39. The number of rotatable bonds is 4. The van der Waals surface area contributed by atoms with Crippen LogP contribution in [0.1, 0.15) is 63.7 Å². The van der Waals surface area contributed by atoms with Crippen molar-refractivity contribution in [3.8, 4) is 5.75 Å². The summed E-state index contributed by atoms with van der Waals surface area (Å²) in [4.78, 5) is 12.5. The normalized spacial score (nSPS) is 19.1. The zero-order valence-corrected chi connectivity index (χ0v) is 13.1. The maximum atomic E-state index is 12.5. The summed E-state index contributed by atoms with van der Waals surface area (Å²) in [7, 11) is 0. The third kappa shape index (κ3) is 3.84. The average Bonchev–Trinajstić information content (AvgIpc) is 2.38. The Hall–Kier alpha value is -1.31. The number of Topliss-reactive ketones (excluding diaryl/α,β-unsaturated/α-hetero) is 1. The Morgan fingerprint density at radius 2 is 1.70 bits per heavy atom. The van der Waals surface area contributed by atoms with Gasteiger partial charge < -0.3 is 4.74 Å². The van der Waals surface area contributed by atoms with Crippen LogP contribution in [0.4, 0.5) is 0 Å². The van der Waals surface area contributed by atoms with E-state index in [0.29, 0.717) is 11.2 Å². The number of carbonyl (C=O) groups is 1. The fourth-order valence-electron chi connectivity index (χ4n) is 2.87. The van der Waals surface area contributed by atoms with Crippen LogP contribution in [0.2, 0.25) is 0 Å². The van der Waals surface area contributed by atoms with Crippen molar-refractivity contribution < 1.29 is 9.53 Å². The molecule has 0 heterocycles. The molecule has 20 heavy (non-hydrogen) atoms. The lowest BCUT2D eigenvalue weighted by molar-refractivity contribution is 0.0838. The van der Waals surface area contributed by atoms with Gasteiger partial charge in [-0.15, -0.1) is 0 Å². The second-order valence-electron chi connectivity index (χ2n) is 6.99. The summed E-state index contributed by atoms with van der Waals surface area (Å²) >= 11 is 0. The summed E-state index contributed by atoms with van der Waals surface area (Å²) < 4.78 is 5.61. The molecule has 110 valence electrons. The van der Waals surface area contributed by atoms with E-state index in [1.165, 1.54) is 0 Å². The molecule has 1 aromatic carbocycles. The Kier molecular flexibility index (Phi) is 4.52. The van der Waals surface area contributed by atoms with Crippen LogP contribution in [0.3, 0.4) is 0 Å². The van der Waals surface area contributed by atoms with E-state index in [9.17, 15) is 4.79 Å². The second kappa shape index (κ2) is 5.99. The molecule has 0 aliphatic heterocycles. The molecule has 0 bridgehead atoms. The Labute approximate surface area is 122 Å². The Balaban J connectivity index is 1.99. The molecule has 1 aromatic rings. The minimum absolute atomic E-state index is 0.164. The maximum absolute atomic E-state index is 12.5. The summed E-state index contributed by atoms with van der Waals surface area (Å²) in [5, 5.41) is 0. The summed E-state index contributed by atoms with van der Waals surface area (Å²) in [6.07, 6.45) is 4.51. The van der Waals surface area contributed by atoms with Gasteiger partial charge in [0.15, 0.2) is 5.78 Å². The van der Waals surface area contributed by atoms with Gasteiger partial charge in [-0.2, -0.15) is 0 Å². The predicted octanol–water partition coefficient (Wildman–Crippen LogP) is 4.87. The first-order valence-corrected chi connectivity index (χ1v) is 7.68. The second-order valence-corrected chi connectivity index (χ2v) is 6.99. The molecule has 1 saturated carbocycles. The van der Waals surface area contributed by atoms with E-state index >= 15 is 0 Å². The lowest BCUT2D eigenvalue weighted by Gasteiger charge is -2.33. The topological polar surface area (TPSA) is 26.3 Å². The van der Waals surface area contributed by atoms with Crippen molar-refractivity contribution in [2.45, 2.75) is 59.5 Å². The summed E-state index contributed by atoms with van der Waals surface area (Å²) in [5.74, 6) is 1.35. The van der Waals surface area contributed by atoms with Gasteiger partial charge in [-0.1, -0.05) is 13.8 Å². The van der Waals surface area contributed by atoms with Gasteiger partial charge in [-0.3, -0.25) is 4.79 Å². The van der Waals surface area contributed by atoms with Crippen molar-refractivity contribution in [1.82, 2.24) is 0 Å². The molecule has 0 N–H and O–H groups in total. The lowest BCUT2D eigenvalue weighted by atomic mass is 9.71. The number of ketones is 1. The Morgan fingerprint density at radius 1 is 1.15 bits per heavy atom. The number of hydrogen-bond acceptors (Lipinski definition) is 2. The Morgan fingerprint density at radius 3 is 2.20 bits per heavy atom. The molecule has 0 aromatic heterocycles. The monoisotopic (exact) mass is 274 g/mol. The van der Waals surface area contributed by atoms with Gasteiger partial charge in [0, 0.05) is 11.5 Å². The summed E-state index contributed by atoms with van der Waals surface area (Å²) in [5.41, 5.74) is 1.23. The van der Waals surface area contributed by atoms with E-state index in [2.05, 4.69) is 13.8 Å². The van der Waals surface area contributed by atoms with Crippen LogP contribution in [-0.2, 0) is 0 Å². The van der Waals surface area contributed by atoms with Crippen molar-refractivity contribution >= 4 is 5.78 Å². The van der Waals surface area contributed by atoms with Crippen LogP contribution in [0.25, 0.3) is 0 Å². The van der Waals surface area contributed by atoms with Crippen molar-refractivity contribution in [2.24, 2.45) is 11.3 Å². The smallest absolute Gasteiger partial charge is 0.165 e. The van der Waals surface area contributed by atoms with E-state index < -0.39 is 0 Å². The van der Waals surface area contributed by atoms with Gasteiger partial charge >= 0.3 is 0 Å². The van der Waals surface area contributed by atoms with Crippen LogP contribution in [0, 0.1) is 11.3 Å². The fraction of sp³-hybridized carbons (Fsp3) is 0.611. The molecule has 2 rings (SSSR count). The summed E-state index contributed by atoms with van der Waals surface area (Å²) in [6, 6.07) is 7.61. The standard InChI is InChI=1S/C18H26O2/c1-13(2)20-16-7-5-14(6-8-16)17(19)15-9-11-18(3,4)12-10-15/h5-8,13,15H,9-12H2,1-4H3. The van der Waals surface area contributed by atoms with Gasteiger partial charge in [0.05, 0.1) is 6.10 Å². The predicted molar refractivity (Wildman–Crippen MR) is 82.3 cm³/mol. The first-order chi connectivity index (χ1) is 9.37. The SMILES string of the molecule is CC(C)Oc1ccc(C(=O)C2CCC(C)(C)CC2)cc1. The highest BCUT2D eigenvalue weighted by Gasteiger charge is 2.30. The largest absolute Gasteiger partial charge is 0.491 e. The van der Waals surface area contributed by atoms with Crippen molar-refractivity contribution in [3.63, 3.8) is 0 Å². The number of carbonyl (C=O) groups excluding carboxylic acids is 1.